The first-order valence-corrected chi connectivity index (χ1v) is 8.68. The van der Waals surface area contributed by atoms with Crippen molar-refractivity contribution in [1.82, 2.24) is 20.0 Å². The molecule has 6 nitrogen and oxygen atoms in total. The van der Waals surface area contributed by atoms with Gasteiger partial charge in [-0.1, -0.05) is 36.4 Å². The fourth-order valence-electron chi connectivity index (χ4n) is 2.84. The standard InChI is InChI=1S/C21H21N5O/c1-25(15-18-7-4-6-17(12-18)13-22)21(27)23-14-19-8-2-3-9-20(19)16-26-11-5-10-24-26/h2-12H,14-16H2,1H3,(H,23,27). The van der Waals surface area contributed by atoms with Gasteiger partial charge >= 0.3 is 6.03 Å². The predicted octanol–water partition coefficient (Wildman–Crippen LogP) is 3.14. The average molecular weight is 359 g/mol. The molecule has 0 radical (unpaired) electrons. The van der Waals surface area contributed by atoms with Gasteiger partial charge in [-0.25, -0.2) is 4.79 Å². The van der Waals surface area contributed by atoms with Crippen molar-refractivity contribution in [3.05, 3.63) is 89.2 Å². The van der Waals surface area contributed by atoms with E-state index in [0.29, 0.717) is 25.2 Å². The predicted molar refractivity (Wildman–Crippen MR) is 103 cm³/mol. The highest BCUT2D eigenvalue weighted by molar-refractivity contribution is 5.73. The molecule has 0 aliphatic carbocycles. The zero-order valence-electron chi connectivity index (χ0n) is 15.2. The monoisotopic (exact) mass is 359 g/mol. The van der Waals surface area contributed by atoms with Gasteiger partial charge < -0.3 is 10.2 Å². The van der Waals surface area contributed by atoms with Gasteiger partial charge in [0.2, 0.25) is 0 Å². The number of carbonyl (C=O) groups is 1. The lowest BCUT2D eigenvalue weighted by molar-refractivity contribution is 0.206. The molecule has 2 aromatic carbocycles. The minimum atomic E-state index is -0.161. The Morgan fingerprint density at radius 3 is 2.74 bits per heavy atom. The molecule has 0 fully saturated rings. The number of aromatic nitrogens is 2. The number of hydrogen-bond acceptors (Lipinski definition) is 3. The Hall–Kier alpha value is -3.59. The third-order valence-corrected chi connectivity index (χ3v) is 4.26. The molecule has 0 aliphatic rings. The summed E-state index contributed by atoms with van der Waals surface area (Å²) in [6.45, 7) is 1.55. The maximum Gasteiger partial charge on any atom is 0.317 e. The molecule has 0 aliphatic heterocycles. The van der Waals surface area contributed by atoms with Crippen LogP contribution in [0.5, 0.6) is 0 Å². The van der Waals surface area contributed by atoms with Gasteiger partial charge in [-0.15, -0.1) is 0 Å². The highest BCUT2D eigenvalue weighted by atomic mass is 16.2. The quantitative estimate of drug-likeness (QED) is 0.735. The summed E-state index contributed by atoms with van der Waals surface area (Å²) in [4.78, 5) is 14.0. The normalized spacial score (nSPS) is 10.2. The van der Waals surface area contributed by atoms with Crippen molar-refractivity contribution < 1.29 is 4.79 Å². The summed E-state index contributed by atoms with van der Waals surface area (Å²) in [5.74, 6) is 0. The second-order valence-electron chi connectivity index (χ2n) is 6.30. The summed E-state index contributed by atoms with van der Waals surface area (Å²) in [5, 5.41) is 16.2. The van der Waals surface area contributed by atoms with Crippen molar-refractivity contribution in [2.75, 3.05) is 7.05 Å². The van der Waals surface area contributed by atoms with Crippen LogP contribution in [0.3, 0.4) is 0 Å². The molecule has 0 bridgehead atoms. The largest absolute Gasteiger partial charge is 0.334 e. The summed E-state index contributed by atoms with van der Waals surface area (Å²) < 4.78 is 1.86. The molecule has 0 atom stereocenters. The Morgan fingerprint density at radius 2 is 2.00 bits per heavy atom. The van der Waals surface area contributed by atoms with Crippen LogP contribution in [0.15, 0.2) is 67.0 Å². The highest BCUT2D eigenvalue weighted by Crippen LogP contribution is 2.11. The summed E-state index contributed by atoms with van der Waals surface area (Å²) >= 11 is 0. The van der Waals surface area contributed by atoms with E-state index in [1.807, 2.05) is 53.3 Å². The topological polar surface area (TPSA) is 74.0 Å². The van der Waals surface area contributed by atoms with Gasteiger partial charge in [-0.05, 0) is 34.9 Å². The van der Waals surface area contributed by atoms with E-state index in [1.165, 1.54) is 0 Å². The van der Waals surface area contributed by atoms with Gasteiger partial charge in [0.15, 0.2) is 0 Å². The zero-order valence-corrected chi connectivity index (χ0v) is 15.2. The summed E-state index contributed by atoms with van der Waals surface area (Å²) in [6, 6.07) is 19.1. The fourth-order valence-corrected chi connectivity index (χ4v) is 2.84. The Bertz CT molecular complexity index is 943. The molecule has 0 saturated carbocycles. The van der Waals surface area contributed by atoms with Crippen LogP contribution in [0.4, 0.5) is 4.79 Å². The lowest BCUT2D eigenvalue weighted by atomic mass is 10.1. The molecule has 1 heterocycles. The van der Waals surface area contributed by atoms with Crippen LogP contribution >= 0.6 is 0 Å². The van der Waals surface area contributed by atoms with Crippen LogP contribution in [0, 0.1) is 11.3 Å². The SMILES string of the molecule is CN(Cc1cccc(C#N)c1)C(=O)NCc1ccccc1Cn1cccn1. The van der Waals surface area contributed by atoms with Gasteiger partial charge in [-0.2, -0.15) is 10.4 Å². The summed E-state index contributed by atoms with van der Waals surface area (Å²) in [5.41, 5.74) is 3.69. The number of urea groups is 1. The van der Waals surface area contributed by atoms with E-state index in [1.54, 1.807) is 30.3 Å². The molecule has 3 aromatic rings. The van der Waals surface area contributed by atoms with E-state index < -0.39 is 0 Å². The van der Waals surface area contributed by atoms with E-state index in [2.05, 4.69) is 16.5 Å². The third-order valence-electron chi connectivity index (χ3n) is 4.26. The number of benzene rings is 2. The number of carbonyl (C=O) groups excluding carboxylic acids is 1. The second-order valence-corrected chi connectivity index (χ2v) is 6.30. The minimum absolute atomic E-state index is 0.161. The first-order chi connectivity index (χ1) is 13.2. The molecular formula is C21H21N5O. The smallest absolute Gasteiger partial charge is 0.317 e. The molecule has 136 valence electrons. The molecule has 1 aromatic heterocycles. The number of hydrogen-bond donors (Lipinski definition) is 1. The van der Waals surface area contributed by atoms with E-state index in [9.17, 15) is 4.79 Å². The number of rotatable bonds is 6. The Kier molecular flexibility index (Phi) is 5.85. The first-order valence-electron chi connectivity index (χ1n) is 8.68. The van der Waals surface area contributed by atoms with Crippen molar-refractivity contribution >= 4 is 6.03 Å². The van der Waals surface area contributed by atoms with Crippen molar-refractivity contribution in [1.29, 1.82) is 5.26 Å². The highest BCUT2D eigenvalue weighted by Gasteiger charge is 2.10. The van der Waals surface area contributed by atoms with Gasteiger partial charge in [0.25, 0.3) is 0 Å². The van der Waals surface area contributed by atoms with Crippen molar-refractivity contribution in [2.24, 2.45) is 0 Å². The van der Waals surface area contributed by atoms with Crippen LogP contribution in [-0.4, -0.2) is 27.8 Å². The molecule has 2 amide bonds. The van der Waals surface area contributed by atoms with E-state index >= 15 is 0 Å². The van der Waals surface area contributed by atoms with Gasteiger partial charge in [0.1, 0.15) is 0 Å². The number of nitriles is 1. The van der Waals surface area contributed by atoms with Crippen molar-refractivity contribution in [3.8, 4) is 6.07 Å². The van der Waals surface area contributed by atoms with E-state index in [4.69, 9.17) is 5.26 Å². The molecule has 27 heavy (non-hydrogen) atoms. The van der Waals surface area contributed by atoms with Crippen molar-refractivity contribution in [2.45, 2.75) is 19.6 Å². The Morgan fingerprint density at radius 1 is 1.19 bits per heavy atom. The zero-order chi connectivity index (χ0) is 19.1. The number of amides is 2. The number of nitrogens with one attached hydrogen (secondary N) is 1. The average Bonchev–Trinajstić information content (AvgIpc) is 3.20. The molecular weight excluding hydrogens is 338 g/mol. The molecule has 3 rings (SSSR count). The van der Waals surface area contributed by atoms with E-state index in [-0.39, 0.29) is 6.03 Å². The molecule has 0 saturated heterocycles. The van der Waals surface area contributed by atoms with Crippen LogP contribution in [0.2, 0.25) is 0 Å². The van der Waals surface area contributed by atoms with Crippen LogP contribution in [0.25, 0.3) is 0 Å². The second kappa shape index (κ2) is 8.68. The summed E-state index contributed by atoms with van der Waals surface area (Å²) in [6.07, 6.45) is 3.67. The Balaban J connectivity index is 1.59. The third kappa shape index (κ3) is 4.95. The van der Waals surface area contributed by atoms with Gasteiger partial charge in [0.05, 0.1) is 18.2 Å². The lowest BCUT2D eigenvalue weighted by Crippen LogP contribution is -2.36. The summed E-state index contributed by atoms with van der Waals surface area (Å²) in [7, 11) is 1.74. The molecule has 6 heteroatoms. The molecule has 0 unspecified atom stereocenters. The van der Waals surface area contributed by atoms with Crippen molar-refractivity contribution in [3.63, 3.8) is 0 Å². The molecule has 0 spiro atoms. The van der Waals surface area contributed by atoms with Gasteiger partial charge in [0, 0.05) is 32.5 Å². The maximum atomic E-state index is 12.4. The number of nitrogens with zero attached hydrogens (tertiary/aromatic N) is 4. The lowest BCUT2D eigenvalue weighted by Gasteiger charge is -2.19. The van der Waals surface area contributed by atoms with Gasteiger partial charge in [-0.3, -0.25) is 4.68 Å². The van der Waals surface area contributed by atoms with Crippen LogP contribution in [0.1, 0.15) is 22.3 Å². The van der Waals surface area contributed by atoms with E-state index in [0.717, 1.165) is 16.7 Å². The molecule has 1 N–H and O–H groups in total. The van der Waals surface area contributed by atoms with Crippen LogP contribution < -0.4 is 5.32 Å². The Labute approximate surface area is 158 Å². The first kappa shape index (κ1) is 18.2. The minimum Gasteiger partial charge on any atom is -0.334 e. The van der Waals surface area contributed by atoms with Crippen LogP contribution in [-0.2, 0) is 19.6 Å². The fraction of sp³-hybridized carbons (Fsp3) is 0.190. The maximum absolute atomic E-state index is 12.4.